The Labute approximate surface area is 92.8 Å². The van der Waals surface area contributed by atoms with E-state index in [1.54, 1.807) is 17.8 Å². The highest BCUT2D eigenvalue weighted by Gasteiger charge is 2.26. The molecule has 0 fully saturated rings. The molecule has 74 valence electrons. The average Bonchev–Trinajstić information content (AvgIpc) is 2.20. The first-order valence-corrected chi connectivity index (χ1v) is 6.09. The molecule has 0 radical (unpaired) electrons. The van der Waals surface area contributed by atoms with Gasteiger partial charge in [0.05, 0.1) is 5.25 Å². The van der Waals surface area contributed by atoms with E-state index in [0.717, 1.165) is 23.3 Å². The van der Waals surface area contributed by atoms with E-state index < -0.39 is 0 Å². The van der Waals surface area contributed by atoms with Crippen molar-refractivity contribution in [3.8, 4) is 0 Å². The summed E-state index contributed by atoms with van der Waals surface area (Å²) in [5, 5.41) is 0.778. The molecule has 3 heteroatoms. The Morgan fingerprint density at radius 2 is 2.36 bits per heavy atom. The molecule has 0 saturated heterocycles. The first-order chi connectivity index (χ1) is 6.72. The zero-order valence-electron chi connectivity index (χ0n) is 7.92. The van der Waals surface area contributed by atoms with E-state index in [4.69, 9.17) is 11.6 Å². The minimum Gasteiger partial charge on any atom is -0.293 e. The normalized spacial score (nSPS) is 20.7. The molecule has 1 aromatic carbocycles. The summed E-state index contributed by atoms with van der Waals surface area (Å²) in [6.07, 6.45) is 0.898. The SMILES string of the molecule is CCC1SCc2ccc(Cl)cc2C1=O. The number of benzene rings is 1. The quantitative estimate of drug-likeness (QED) is 0.729. The maximum atomic E-state index is 11.9. The number of hydrogen-bond acceptors (Lipinski definition) is 2. The van der Waals surface area contributed by atoms with Crippen LogP contribution in [-0.4, -0.2) is 11.0 Å². The van der Waals surface area contributed by atoms with Crippen LogP contribution in [0.4, 0.5) is 0 Å². The van der Waals surface area contributed by atoms with E-state index in [-0.39, 0.29) is 11.0 Å². The van der Waals surface area contributed by atoms with Crippen LogP contribution < -0.4 is 0 Å². The van der Waals surface area contributed by atoms with E-state index in [9.17, 15) is 4.79 Å². The Morgan fingerprint density at radius 1 is 1.57 bits per heavy atom. The molecule has 14 heavy (non-hydrogen) atoms. The van der Waals surface area contributed by atoms with Gasteiger partial charge >= 0.3 is 0 Å². The number of halogens is 1. The van der Waals surface area contributed by atoms with E-state index in [1.807, 2.05) is 19.1 Å². The van der Waals surface area contributed by atoms with Gasteiger partial charge < -0.3 is 0 Å². The fraction of sp³-hybridized carbons (Fsp3) is 0.364. The molecule has 0 N–H and O–H groups in total. The van der Waals surface area contributed by atoms with Crippen LogP contribution in [0.5, 0.6) is 0 Å². The van der Waals surface area contributed by atoms with Crippen molar-refractivity contribution in [1.29, 1.82) is 0 Å². The van der Waals surface area contributed by atoms with E-state index in [2.05, 4.69) is 0 Å². The van der Waals surface area contributed by atoms with Gasteiger partial charge in [0.1, 0.15) is 0 Å². The van der Waals surface area contributed by atoms with Crippen LogP contribution in [0.15, 0.2) is 18.2 Å². The van der Waals surface area contributed by atoms with Gasteiger partial charge in [-0.25, -0.2) is 0 Å². The highest BCUT2D eigenvalue weighted by atomic mass is 35.5. The molecule has 0 spiro atoms. The Hall–Kier alpha value is -0.470. The van der Waals surface area contributed by atoms with Crippen molar-refractivity contribution in [1.82, 2.24) is 0 Å². The molecule has 1 aromatic rings. The number of carbonyl (C=O) groups excluding carboxylic acids is 1. The van der Waals surface area contributed by atoms with E-state index in [1.165, 1.54) is 0 Å². The third-order valence-corrected chi connectivity index (χ3v) is 4.10. The standard InChI is InChI=1S/C11H11ClOS/c1-2-10-11(13)9-5-8(12)4-3-7(9)6-14-10/h3-5,10H,2,6H2,1H3. The van der Waals surface area contributed by atoms with Gasteiger partial charge in [-0.15, -0.1) is 11.8 Å². The number of carbonyl (C=O) groups is 1. The highest BCUT2D eigenvalue weighted by Crippen LogP contribution is 2.32. The van der Waals surface area contributed by atoms with Gasteiger partial charge in [-0.1, -0.05) is 24.6 Å². The van der Waals surface area contributed by atoms with Crippen LogP contribution >= 0.6 is 23.4 Å². The van der Waals surface area contributed by atoms with Crippen LogP contribution in [0.1, 0.15) is 29.3 Å². The van der Waals surface area contributed by atoms with Crippen molar-refractivity contribution in [3.05, 3.63) is 34.3 Å². The second-order valence-corrected chi connectivity index (χ2v) is 5.00. The summed E-state index contributed by atoms with van der Waals surface area (Å²) in [6, 6.07) is 5.59. The maximum absolute atomic E-state index is 11.9. The van der Waals surface area contributed by atoms with Crippen LogP contribution in [0.25, 0.3) is 0 Å². The molecule has 2 rings (SSSR count). The van der Waals surface area contributed by atoms with Crippen LogP contribution in [0.2, 0.25) is 5.02 Å². The van der Waals surface area contributed by atoms with E-state index in [0.29, 0.717) is 5.02 Å². The molecule has 0 saturated carbocycles. The first kappa shape index (κ1) is 10.1. The maximum Gasteiger partial charge on any atom is 0.176 e. The lowest BCUT2D eigenvalue weighted by molar-refractivity contribution is 0.0986. The van der Waals surface area contributed by atoms with Crippen molar-refractivity contribution in [2.75, 3.05) is 0 Å². The summed E-state index contributed by atoms with van der Waals surface area (Å²) in [7, 11) is 0. The van der Waals surface area contributed by atoms with Crippen molar-refractivity contribution in [3.63, 3.8) is 0 Å². The Bertz CT molecular complexity index is 376. The third-order valence-electron chi connectivity index (χ3n) is 2.44. The fourth-order valence-electron chi connectivity index (χ4n) is 1.65. The predicted molar refractivity (Wildman–Crippen MR) is 61.2 cm³/mol. The summed E-state index contributed by atoms with van der Waals surface area (Å²) >= 11 is 7.60. The summed E-state index contributed by atoms with van der Waals surface area (Å²) in [5.41, 5.74) is 1.94. The number of ketones is 1. The van der Waals surface area contributed by atoms with Gasteiger partial charge in [-0.2, -0.15) is 0 Å². The molecular weight excluding hydrogens is 216 g/mol. The number of hydrogen-bond donors (Lipinski definition) is 0. The first-order valence-electron chi connectivity index (χ1n) is 4.66. The van der Waals surface area contributed by atoms with Gasteiger partial charge in [-0.3, -0.25) is 4.79 Å². The van der Waals surface area contributed by atoms with Gasteiger partial charge in [0.25, 0.3) is 0 Å². The monoisotopic (exact) mass is 226 g/mol. The Morgan fingerprint density at radius 3 is 3.07 bits per heavy atom. The number of thioether (sulfide) groups is 1. The fourth-order valence-corrected chi connectivity index (χ4v) is 2.97. The largest absolute Gasteiger partial charge is 0.293 e. The molecule has 1 aliphatic rings. The zero-order valence-corrected chi connectivity index (χ0v) is 9.49. The van der Waals surface area contributed by atoms with Gasteiger partial charge in [0.15, 0.2) is 5.78 Å². The van der Waals surface area contributed by atoms with Crippen LogP contribution in [-0.2, 0) is 5.75 Å². The lowest BCUT2D eigenvalue weighted by Crippen LogP contribution is -2.22. The highest BCUT2D eigenvalue weighted by molar-refractivity contribution is 8.00. The lowest BCUT2D eigenvalue weighted by Gasteiger charge is -2.21. The summed E-state index contributed by atoms with van der Waals surface area (Å²) in [6.45, 7) is 2.05. The van der Waals surface area contributed by atoms with Crippen molar-refractivity contribution in [2.45, 2.75) is 24.3 Å². The van der Waals surface area contributed by atoms with Crippen molar-refractivity contribution in [2.24, 2.45) is 0 Å². The number of fused-ring (bicyclic) bond motifs is 1. The molecule has 0 amide bonds. The molecule has 1 aliphatic heterocycles. The van der Waals surface area contributed by atoms with Crippen molar-refractivity contribution < 1.29 is 4.79 Å². The smallest absolute Gasteiger partial charge is 0.176 e. The third kappa shape index (κ3) is 1.69. The van der Waals surface area contributed by atoms with Crippen LogP contribution in [0.3, 0.4) is 0 Å². The molecular formula is C11H11ClOS. The predicted octanol–water partition coefficient (Wildman–Crippen LogP) is 3.55. The van der Waals surface area contributed by atoms with Gasteiger partial charge in [0.2, 0.25) is 0 Å². The summed E-state index contributed by atoms with van der Waals surface area (Å²) in [5.74, 6) is 1.16. The Kier molecular flexibility index (Phi) is 2.84. The molecule has 1 nitrogen and oxygen atoms in total. The number of rotatable bonds is 1. The van der Waals surface area contributed by atoms with Crippen LogP contribution in [0, 0.1) is 0 Å². The molecule has 1 atom stereocenters. The van der Waals surface area contributed by atoms with Crippen molar-refractivity contribution >= 4 is 29.1 Å². The van der Waals surface area contributed by atoms with E-state index >= 15 is 0 Å². The molecule has 0 aliphatic carbocycles. The minimum absolute atomic E-state index is 0.126. The van der Waals surface area contributed by atoms with Gasteiger partial charge in [0, 0.05) is 16.3 Å². The summed E-state index contributed by atoms with van der Waals surface area (Å²) < 4.78 is 0. The summed E-state index contributed by atoms with van der Waals surface area (Å²) in [4.78, 5) is 11.9. The minimum atomic E-state index is 0.126. The van der Waals surface area contributed by atoms with Gasteiger partial charge in [-0.05, 0) is 24.1 Å². The topological polar surface area (TPSA) is 17.1 Å². The zero-order chi connectivity index (χ0) is 10.1. The lowest BCUT2D eigenvalue weighted by atomic mass is 10.0. The second kappa shape index (κ2) is 3.95. The molecule has 1 heterocycles. The molecule has 0 bridgehead atoms. The molecule has 1 unspecified atom stereocenters. The number of Topliss-reactive ketones (excluding diaryl/α,β-unsaturated/α-hetero) is 1. The average molecular weight is 227 g/mol. The Balaban J connectivity index is 2.43. The molecule has 0 aromatic heterocycles. The second-order valence-electron chi connectivity index (χ2n) is 3.37.